The number of ether oxygens (including phenoxy) is 1. The first-order valence-corrected chi connectivity index (χ1v) is 6.35. The number of benzene rings is 2. The zero-order valence-corrected chi connectivity index (χ0v) is 11.1. The van der Waals surface area contributed by atoms with E-state index in [-0.39, 0.29) is 5.91 Å². The molecular formula is C15H14ClNO2. The van der Waals surface area contributed by atoms with Crippen LogP contribution >= 0.6 is 11.6 Å². The molecule has 98 valence electrons. The van der Waals surface area contributed by atoms with Crippen LogP contribution in [0.25, 0.3) is 0 Å². The van der Waals surface area contributed by atoms with Gasteiger partial charge in [-0.2, -0.15) is 0 Å². The summed E-state index contributed by atoms with van der Waals surface area (Å²) in [6.45, 7) is 0.846. The molecule has 1 N–H and O–H groups in total. The van der Waals surface area contributed by atoms with Crippen molar-refractivity contribution in [1.29, 1.82) is 0 Å². The Hall–Kier alpha value is -2.00. The summed E-state index contributed by atoms with van der Waals surface area (Å²) >= 11 is 5.84. The topological polar surface area (TPSA) is 38.3 Å². The van der Waals surface area contributed by atoms with Crippen molar-refractivity contribution in [2.24, 2.45) is 0 Å². The summed E-state index contributed by atoms with van der Waals surface area (Å²) in [5.41, 5.74) is 0.644. The van der Waals surface area contributed by atoms with E-state index in [1.807, 2.05) is 30.3 Å². The molecule has 0 saturated carbocycles. The summed E-state index contributed by atoms with van der Waals surface area (Å²) in [7, 11) is 0. The number of amides is 1. The first-order valence-electron chi connectivity index (χ1n) is 5.97. The zero-order valence-electron chi connectivity index (χ0n) is 10.3. The molecule has 19 heavy (non-hydrogen) atoms. The number of carbonyl (C=O) groups excluding carboxylic acids is 1. The Morgan fingerprint density at radius 1 is 1.11 bits per heavy atom. The fourth-order valence-corrected chi connectivity index (χ4v) is 1.76. The van der Waals surface area contributed by atoms with Gasteiger partial charge in [-0.3, -0.25) is 4.79 Å². The molecule has 0 aliphatic rings. The highest BCUT2D eigenvalue weighted by Crippen LogP contribution is 2.16. The SMILES string of the molecule is O=C(NCCOc1cccc(Cl)c1)c1ccccc1. The molecule has 0 saturated heterocycles. The lowest BCUT2D eigenvalue weighted by atomic mass is 10.2. The predicted molar refractivity (Wildman–Crippen MR) is 75.7 cm³/mol. The summed E-state index contributed by atoms with van der Waals surface area (Å²) in [5.74, 6) is 0.594. The van der Waals surface area contributed by atoms with Crippen molar-refractivity contribution < 1.29 is 9.53 Å². The molecular weight excluding hydrogens is 262 g/mol. The van der Waals surface area contributed by atoms with Gasteiger partial charge in [0, 0.05) is 10.6 Å². The van der Waals surface area contributed by atoms with Gasteiger partial charge in [-0.1, -0.05) is 35.9 Å². The molecule has 0 fully saturated rings. The molecule has 2 aromatic carbocycles. The molecule has 2 aromatic rings. The predicted octanol–water partition coefficient (Wildman–Crippen LogP) is 3.15. The monoisotopic (exact) mass is 275 g/mol. The van der Waals surface area contributed by atoms with Crippen LogP contribution in [0, 0.1) is 0 Å². The smallest absolute Gasteiger partial charge is 0.251 e. The first-order chi connectivity index (χ1) is 9.25. The molecule has 0 aliphatic heterocycles. The minimum Gasteiger partial charge on any atom is -0.492 e. The van der Waals surface area contributed by atoms with Gasteiger partial charge in [0.1, 0.15) is 12.4 Å². The van der Waals surface area contributed by atoms with E-state index >= 15 is 0 Å². The molecule has 0 heterocycles. The van der Waals surface area contributed by atoms with E-state index in [0.717, 1.165) is 0 Å². The maximum absolute atomic E-state index is 11.7. The lowest BCUT2D eigenvalue weighted by Crippen LogP contribution is -2.27. The third-order valence-corrected chi connectivity index (χ3v) is 2.72. The number of nitrogens with one attached hydrogen (secondary N) is 1. The minimum absolute atomic E-state index is 0.102. The van der Waals surface area contributed by atoms with Crippen molar-refractivity contribution in [2.45, 2.75) is 0 Å². The highest BCUT2D eigenvalue weighted by Gasteiger charge is 2.03. The van der Waals surface area contributed by atoms with Crippen LogP contribution in [0.4, 0.5) is 0 Å². The molecule has 0 spiro atoms. The molecule has 0 atom stereocenters. The first kappa shape index (κ1) is 13.4. The lowest BCUT2D eigenvalue weighted by molar-refractivity contribution is 0.0947. The van der Waals surface area contributed by atoms with E-state index < -0.39 is 0 Å². The number of carbonyl (C=O) groups is 1. The molecule has 0 aromatic heterocycles. The Balaban J connectivity index is 1.74. The highest BCUT2D eigenvalue weighted by atomic mass is 35.5. The van der Waals surface area contributed by atoms with Crippen LogP contribution < -0.4 is 10.1 Å². The van der Waals surface area contributed by atoms with Gasteiger partial charge >= 0.3 is 0 Å². The molecule has 1 amide bonds. The Morgan fingerprint density at radius 2 is 1.89 bits per heavy atom. The van der Waals surface area contributed by atoms with Crippen LogP contribution in [0.2, 0.25) is 5.02 Å². The van der Waals surface area contributed by atoms with Crippen LogP contribution in [0.15, 0.2) is 54.6 Å². The third-order valence-electron chi connectivity index (χ3n) is 2.49. The second-order valence-electron chi connectivity index (χ2n) is 3.93. The van der Waals surface area contributed by atoms with E-state index in [4.69, 9.17) is 16.3 Å². The van der Waals surface area contributed by atoms with E-state index in [1.165, 1.54) is 0 Å². The van der Waals surface area contributed by atoms with Crippen molar-refractivity contribution in [3.8, 4) is 5.75 Å². The fourth-order valence-electron chi connectivity index (χ4n) is 1.58. The second kappa shape index (κ2) is 6.81. The van der Waals surface area contributed by atoms with Gasteiger partial charge in [0.05, 0.1) is 6.54 Å². The standard InChI is InChI=1S/C15H14ClNO2/c16-13-7-4-8-14(11-13)19-10-9-17-15(18)12-5-2-1-3-6-12/h1-8,11H,9-10H2,(H,17,18). The van der Waals surface area contributed by atoms with Crippen LogP contribution in [-0.4, -0.2) is 19.1 Å². The average Bonchev–Trinajstić information content (AvgIpc) is 2.44. The lowest BCUT2D eigenvalue weighted by Gasteiger charge is -2.08. The van der Waals surface area contributed by atoms with Gasteiger partial charge in [0.25, 0.3) is 5.91 Å². The summed E-state index contributed by atoms with van der Waals surface area (Å²) in [5, 5.41) is 3.42. The largest absolute Gasteiger partial charge is 0.492 e. The van der Waals surface area contributed by atoms with Gasteiger partial charge in [-0.15, -0.1) is 0 Å². The third kappa shape index (κ3) is 4.30. The maximum atomic E-state index is 11.7. The van der Waals surface area contributed by atoms with Crippen LogP contribution in [-0.2, 0) is 0 Å². The molecule has 0 unspecified atom stereocenters. The zero-order chi connectivity index (χ0) is 13.5. The second-order valence-corrected chi connectivity index (χ2v) is 4.36. The summed E-state index contributed by atoms with van der Waals surface area (Å²) in [6.07, 6.45) is 0. The van der Waals surface area contributed by atoms with Crippen molar-refractivity contribution in [1.82, 2.24) is 5.32 Å². The number of halogens is 1. The van der Waals surface area contributed by atoms with E-state index in [2.05, 4.69) is 5.32 Å². The Bertz CT molecular complexity index is 543. The van der Waals surface area contributed by atoms with Crippen LogP contribution in [0.1, 0.15) is 10.4 Å². The van der Waals surface area contributed by atoms with Gasteiger partial charge in [0.2, 0.25) is 0 Å². The van der Waals surface area contributed by atoms with Crippen LogP contribution in [0.5, 0.6) is 5.75 Å². The highest BCUT2D eigenvalue weighted by molar-refractivity contribution is 6.30. The minimum atomic E-state index is -0.102. The van der Waals surface area contributed by atoms with Crippen molar-refractivity contribution in [2.75, 3.05) is 13.2 Å². The Kier molecular flexibility index (Phi) is 4.81. The maximum Gasteiger partial charge on any atom is 0.251 e. The van der Waals surface area contributed by atoms with Crippen molar-refractivity contribution in [3.05, 3.63) is 65.2 Å². The summed E-state index contributed by atoms with van der Waals surface area (Å²) < 4.78 is 5.47. The Morgan fingerprint density at radius 3 is 2.63 bits per heavy atom. The quantitative estimate of drug-likeness (QED) is 0.852. The van der Waals surface area contributed by atoms with E-state index in [9.17, 15) is 4.79 Å². The van der Waals surface area contributed by atoms with Gasteiger partial charge < -0.3 is 10.1 Å². The summed E-state index contributed by atoms with van der Waals surface area (Å²) in [4.78, 5) is 11.7. The molecule has 4 heteroatoms. The van der Waals surface area contributed by atoms with Gasteiger partial charge in [0.15, 0.2) is 0 Å². The number of rotatable bonds is 5. The molecule has 0 radical (unpaired) electrons. The van der Waals surface area contributed by atoms with E-state index in [0.29, 0.717) is 29.5 Å². The normalized spacial score (nSPS) is 9.95. The molecule has 2 rings (SSSR count). The van der Waals surface area contributed by atoms with E-state index in [1.54, 1.807) is 24.3 Å². The number of hydrogen-bond donors (Lipinski definition) is 1. The number of hydrogen-bond acceptors (Lipinski definition) is 2. The van der Waals surface area contributed by atoms with Gasteiger partial charge in [-0.05, 0) is 30.3 Å². The molecule has 0 bridgehead atoms. The van der Waals surface area contributed by atoms with Crippen LogP contribution in [0.3, 0.4) is 0 Å². The van der Waals surface area contributed by atoms with Crippen molar-refractivity contribution >= 4 is 17.5 Å². The average molecular weight is 276 g/mol. The fraction of sp³-hybridized carbons (Fsp3) is 0.133. The van der Waals surface area contributed by atoms with Gasteiger partial charge in [-0.25, -0.2) is 0 Å². The van der Waals surface area contributed by atoms with Crippen molar-refractivity contribution in [3.63, 3.8) is 0 Å². The molecule has 3 nitrogen and oxygen atoms in total. The summed E-state index contributed by atoms with van der Waals surface area (Å²) in [6, 6.07) is 16.2. The molecule has 0 aliphatic carbocycles. The Labute approximate surface area is 117 Å².